The van der Waals surface area contributed by atoms with Crippen molar-refractivity contribution >= 4 is 11.6 Å². The number of halogens is 1. The molecule has 1 atom stereocenters. The van der Waals surface area contributed by atoms with Crippen molar-refractivity contribution in [2.75, 3.05) is 32.9 Å². The summed E-state index contributed by atoms with van der Waals surface area (Å²) in [7, 11) is 0. The zero-order chi connectivity index (χ0) is 17.1. The predicted octanol–water partition coefficient (Wildman–Crippen LogP) is 4.31. The third-order valence-corrected chi connectivity index (χ3v) is 5.60. The van der Waals surface area contributed by atoms with Crippen LogP contribution in [0.4, 0.5) is 0 Å². The minimum Gasteiger partial charge on any atom is -0.381 e. The smallest absolute Gasteiger partial charge is 0.0853 e. The molecule has 0 bridgehead atoms. The predicted molar refractivity (Wildman–Crippen MR) is 100 cm³/mol. The molecule has 132 valence electrons. The van der Waals surface area contributed by atoms with E-state index >= 15 is 0 Å². The number of rotatable bonds is 3. The highest BCUT2D eigenvalue weighted by Gasteiger charge is 2.40. The Hall–Kier alpha value is -1.39. The monoisotopic (exact) mass is 357 g/mol. The van der Waals surface area contributed by atoms with Gasteiger partial charge in [-0.3, -0.25) is 4.90 Å². The lowest BCUT2D eigenvalue weighted by Crippen LogP contribution is -2.55. The fourth-order valence-corrected chi connectivity index (χ4v) is 4.16. The van der Waals surface area contributed by atoms with Crippen LogP contribution in [0.2, 0.25) is 5.02 Å². The van der Waals surface area contributed by atoms with E-state index in [9.17, 15) is 0 Å². The van der Waals surface area contributed by atoms with Crippen LogP contribution in [0.15, 0.2) is 54.6 Å². The van der Waals surface area contributed by atoms with E-state index in [4.69, 9.17) is 21.1 Å². The second kappa shape index (κ2) is 7.46. The first-order chi connectivity index (χ1) is 12.3. The average Bonchev–Trinajstić information content (AvgIpc) is 2.65. The molecule has 0 saturated carbocycles. The van der Waals surface area contributed by atoms with Gasteiger partial charge in [-0.15, -0.1) is 0 Å². The molecule has 0 aromatic heterocycles. The molecule has 4 heteroatoms. The Morgan fingerprint density at radius 2 is 1.56 bits per heavy atom. The van der Waals surface area contributed by atoms with Gasteiger partial charge in [0.15, 0.2) is 0 Å². The van der Waals surface area contributed by atoms with Gasteiger partial charge in [0.2, 0.25) is 0 Å². The molecule has 2 aromatic carbocycles. The molecule has 0 aliphatic carbocycles. The zero-order valence-electron chi connectivity index (χ0n) is 14.4. The van der Waals surface area contributed by atoms with Gasteiger partial charge in [0.25, 0.3) is 0 Å². The Balaban J connectivity index is 1.66. The second-order valence-electron chi connectivity index (χ2n) is 6.98. The number of hydrogen-bond donors (Lipinski definition) is 0. The van der Waals surface area contributed by atoms with Crippen molar-refractivity contribution in [1.82, 2.24) is 4.90 Å². The van der Waals surface area contributed by atoms with Crippen molar-refractivity contribution in [3.63, 3.8) is 0 Å². The molecular formula is C21H24ClNO2. The van der Waals surface area contributed by atoms with Crippen LogP contribution >= 0.6 is 11.6 Å². The van der Waals surface area contributed by atoms with Crippen LogP contribution in [0.3, 0.4) is 0 Å². The summed E-state index contributed by atoms with van der Waals surface area (Å²) in [5, 5.41) is 0.776. The summed E-state index contributed by atoms with van der Waals surface area (Å²) in [4.78, 5) is 2.56. The molecule has 3 nitrogen and oxygen atoms in total. The van der Waals surface area contributed by atoms with Crippen molar-refractivity contribution in [2.45, 2.75) is 24.5 Å². The van der Waals surface area contributed by atoms with Crippen LogP contribution in [0, 0.1) is 0 Å². The van der Waals surface area contributed by atoms with Crippen molar-refractivity contribution in [3.8, 4) is 0 Å². The minimum absolute atomic E-state index is 0.0596. The third-order valence-electron chi connectivity index (χ3n) is 5.35. The van der Waals surface area contributed by atoms with Crippen molar-refractivity contribution in [1.29, 1.82) is 0 Å². The SMILES string of the molecule is Clc1ccc(C(c2ccccc2)N2CCOC3(CCOCC3)C2)cc1. The van der Waals surface area contributed by atoms with Crippen LogP contribution in [-0.2, 0) is 9.47 Å². The van der Waals surface area contributed by atoms with Gasteiger partial charge in [0.1, 0.15) is 0 Å². The number of benzene rings is 2. The molecule has 2 aliphatic heterocycles. The van der Waals surface area contributed by atoms with E-state index in [1.807, 2.05) is 12.1 Å². The van der Waals surface area contributed by atoms with Gasteiger partial charge in [-0.25, -0.2) is 0 Å². The minimum atomic E-state index is -0.0596. The molecule has 2 saturated heterocycles. The summed E-state index contributed by atoms with van der Waals surface area (Å²) >= 11 is 6.12. The van der Waals surface area contributed by atoms with Gasteiger partial charge in [-0.1, -0.05) is 54.1 Å². The number of ether oxygens (including phenoxy) is 2. The molecule has 2 aromatic rings. The first-order valence-electron chi connectivity index (χ1n) is 9.02. The van der Waals surface area contributed by atoms with E-state index in [0.29, 0.717) is 0 Å². The summed E-state index contributed by atoms with van der Waals surface area (Å²) in [6.45, 7) is 4.25. The molecule has 2 heterocycles. The Labute approximate surface area is 154 Å². The van der Waals surface area contributed by atoms with Crippen LogP contribution in [0.1, 0.15) is 30.0 Å². The lowest BCUT2D eigenvalue weighted by molar-refractivity contribution is -0.158. The Kier molecular flexibility index (Phi) is 5.09. The van der Waals surface area contributed by atoms with Crippen LogP contribution < -0.4 is 0 Å². The van der Waals surface area contributed by atoms with Gasteiger partial charge in [-0.05, 0) is 23.3 Å². The van der Waals surface area contributed by atoms with Gasteiger partial charge in [0.05, 0.1) is 18.2 Å². The zero-order valence-corrected chi connectivity index (χ0v) is 15.1. The Morgan fingerprint density at radius 1 is 0.880 bits per heavy atom. The van der Waals surface area contributed by atoms with Gasteiger partial charge >= 0.3 is 0 Å². The van der Waals surface area contributed by atoms with Crippen molar-refractivity contribution < 1.29 is 9.47 Å². The molecule has 0 amide bonds. The Morgan fingerprint density at radius 3 is 2.28 bits per heavy atom. The molecule has 0 N–H and O–H groups in total. The fraction of sp³-hybridized carbons (Fsp3) is 0.429. The highest BCUT2D eigenvalue weighted by molar-refractivity contribution is 6.30. The summed E-state index contributed by atoms with van der Waals surface area (Å²) in [6.07, 6.45) is 1.96. The molecule has 1 spiro atoms. The summed E-state index contributed by atoms with van der Waals surface area (Å²) in [6, 6.07) is 19.2. The maximum absolute atomic E-state index is 6.23. The van der Waals surface area contributed by atoms with E-state index in [1.165, 1.54) is 11.1 Å². The summed E-state index contributed by atoms with van der Waals surface area (Å²) in [5.74, 6) is 0. The molecule has 0 radical (unpaired) electrons. The second-order valence-corrected chi connectivity index (χ2v) is 7.42. The molecule has 4 rings (SSSR count). The lowest BCUT2D eigenvalue weighted by atomic mass is 9.89. The van der Waals surface area contributed by atoms with Crippen LogP contribution in [0.5, 0.6) is 0 Å². The third kappa shape index (κ3) is 3.75. The maximum atomic E-state index is 6.23. The standard InChI is InChI=1S/C21H24ClNO2/c22-19-8-6-18(7-9-19)20(17-4-2-1-3-5-17)23-12-15-25-21(16-23)10-13-24-14-11-21/h1-9,20H,10-16H2. The molecular weight excluding hydrogens is 334 g/mol. The van der Waals surface area contributed by atoms with E-state index in [-0.39, 0.29) is 11.6 Å². The molecule has 2 fully saturated rings. The van der Waals surface area contributed by atoms with Crippen LogP contribution in [-0.4, -0.2) is 43.4 Å². The first kappa shape index (κ1) is 17.0. The Bertz CT molecular complexity index is 677. The lowest BCUT2D eigenvalue weighted by Gasteiger charge is -2.47. The van der Waals surface area contributed by atoms with Crippen LogP contribution in [0.25, 0.3) is 0 Å². The van der Waals surface area contributed by atoms with Gasteiger partial charge < -0.3 is 9.47 Å². The molecule has 2 aliphatic rings. The van der Waals surface area contributed by atoms with E-state index in [2.05, 4.69) is 47.4 Å². The largest absolute Gasteiger partial charge is 0.381 e. The average molecular weight is 358 g/mol. The topological polar surface area (TPSA) is 21.7 Å². The number of hydrogen-bond acceptors (Lipinski definition) is 3. The van der Waals surface area contributed by atoms with E-state index in [0.717, 1.165) is 50.8 Å². The number of morpholine rings is 1. The fourth-order valence-electron chi connectivity index (χ4n) is 4.03. The molecule has 1 unspecified atom stereocenters. The maximum Gasteiger partial charge on any atom is 0.0853 e. The molecule has 25 heavy (non-hydrogen) atoms. The van der Waals surface area contributed by atoms with Gasteiger partial charge in [-0.2, -0.15) is 0 Å². The van der Waals surface area contributed by atoms with Gasteiger partial charge in [0, 0.05) is 44.2 Å². The number of nitrogens with zero attached hydrogens (tertiary/aromatic N) is 1. The summed E-state index contributed by atoms with van der Waals surface area (Å²) < 4.78 is 11.8. The van der Waals surface area contributed by atoms with Crippen molar-refractivity contribution in [2.24, 2.45) is 0 Å². The van der Waals surface area contributed by atoms with E-state index < -0.39 is 0 Å². The highest BCUT2D eigenvalue weighted by Crippen LogP contribution is 2.36. The first-order valence-corrected chi connectivity index (χ1v) is 9.40. The van der Waals surface area contributed by atoms with Crippen molar-refractivity contribution in [3.05, 3.63) is 70.7 Å². The highest BCUT2D eigenvalue weighted by atomic mass is 35.5. The normalized spacial score (nSPS) is 22.0. The quantitative estimate of drug-likeness (QED) is 0.817. The summed E-state index contributed by atoms with van der Waals surface area (Å²) in [5.41, 5.74) is 2.53. The van der Waals surface area contributed by atoms with E-state index in [1.54, 1.807) is 0 Å².